The number of carbonyl (C=O) groups excluding carboxylic acids is 1. The minimum Gasteiger partial charge on any atom is -0.481 e. The summed E-state index contributed by atoms with van der Waals surface area (Å²) in [5.74, 6) is -1.75. The lowest BCUT2D eigenvalue weighted by atomic mass is 9.74. The summed E-state index contributed by atoms with van der Waals surface area (Å²) >= 11 is 0. The van der Waals surface area contributed by atoms with E-state index in [1.807, 2.05) is 0 Å². The Kier molecular flexibility index (Phi) is 5.75. The van der Waals surface area contributed by atoms with Gasteiger partial charge >= 0.3 is 12.6 Å². The Bertz CT molecular complexity index is 591. The van der Waals surface area contributed by atoms with Crippen LogP contribution in [-0.2, 0) is 16.0 Å². The first kappa shape index (κ1) is 18.2. The molecule has 2 atom stereocenters. The third kappa shape index (κ3) is 4.66. The van der Waals surface area contributed by atoms with Crippen LogP contribution in [0, 0.1) is 5.92 Å². The Morgan fingerprint density at radius 1 is 1.33 bits per heavy atom. The van der Waals surface area contributed by atoms with Crippen molar-refractivity contribution in [2.75, 3.05) is 0 Å². The molecule has 1 aromatic carbocycles. The number of ether oxygens (including phenoxy) is 1. The Morgan fingerprint density at radius 3 is 2.58 bits per heavy atom. The van der Waals surface area contributed by atoms with Crippen LogP contribution < -0.4 is 10.1 Å². The molecule has 1 aliphatic rings. The van der Waals surface area contributed by atoms with Gasteiger partial charge in [-0.1, -0.05) is 25.0 Å². The van der Waals surface area contributed by atoms with Crippen LogP contribution in [0.3, 0.4) is 0 Å². The maximum absolute atomic E-state index is 12.3. The molecule has 5 nitrogen and oxygen atoms in total. The largest absolute Gasteiger partial charge is 0.481 e. The Balaban J connectivity index is 1.97. The van der Waals surface area contributed by atoms with Gasteiger partial charge in [0.05, 0.1) is 17.9 Å². The second kappa shape index (κ2) is 7.59. The predicted octanol–water partition coefficient (Wildman–Crippen LogP) is 2.98. The number of rotatable bonds is 6. The topological polar surface area (TPSA) is 75.6 Å². The molecule has 1 amide bonds. The van der Waals surface area contributed by atoms with Crippen LogP contribution in [0.5, 0.6) is 5.75 Å². The lowest BCUT2D eigenvalue weighted by Gasteiger charge is -2.39. The number of nitrogens with one attached hydrogen (secondary N) is 1. The zero-order valence-electron chi connectivity index (χ0n) is 13.4. The van der Waals surface area contributed by atoms with Crippen LogP contribution in [0.15, 0.2) is 24.3 Å². The number of halogens is 2. The Hall–Kier alpha value is -2.18. The van der Waals surface area contributed by atoms with Gasteiger partial charge in [-0.15, -0.1) is 0 Å². The van der Waals surface area contributed by atoms with E-state index < -0.39 is 24.0 Å². The number of alkyl halides is 2. The average Bonchev–Trinajstić information content (AvgIpc) is 2.48. The molecule has 7 heteroatoms. The van der Waals surface area contributed by atoms with Crippen molar-refractivity contribution >= 4 is 11.9 Å². The molecule has 0 heterocycles. The summed E-state index contributed by atoms with van der Waals surface area (Å²) in [5, 5.41) is 12.2. The van der Waals surface area contributed by atoms with Crippen LogP contribution in [0.2, 0.25) is 0 Å². The van der Waals surface area contributed by atoms with Crippen molar-refractivity contribution in [3.63, 3.8) is 0 Å². The first-order chi connectivity index (χ1) is 11.3. The number of aliphatic carboxylic acids is 1. The van der Waals surface area contributed by atoms with E-state index in [2.05, 4.69) is 10.1 Å². The van der Waals surface area contributed by atoms with E-state index >= 15 is 0 Å². The molecule has 1 aliphatic carbocycles. The van der Waals surface area contributed by atoms with Gasteiger partial charge in [-0.2, -0.15) is 8.78 Å². The van der Waals surface area contributed by atoms with Crippen LogP contribution in [0.1, 0.15) is 38.2 Å². The highest BCUT2D eigenvalue weighted by molar-refractivity contribution is 5.81. The minimum absolute atomic E-state index is 0.0272. The van der Waals surface area contributed by atoms with Crippen LogP contribution in [-0.4, -0.2) is 29.1 Å². The lowest BCUT2D eigenvalue weighted by Crippen LogP contribution is -2.55. The summed E-state index contributed by atoms with van der Waals surface area (Å²) in [6, 6.07) is 5.82. The van der Waals surface area contributed by atoms with Crippen molar-refractivity contribution in [3.8, 4) is 5.75 Å². The second-order valence-corrected chi connectivity index (χ2v) is 6.30. The molecule has 0 aliphatic heterocycles. The summed E-state index contributed by atoms with van der Waals surface area (Å²) in [4.78, 5) is 23.7. The fraction of sp³-hybridized carbons (Fsp3) is 0.529. The summed E-state index contributed by atoms with van der Waals surface area (Å²) < 4.78 is 28.5. The number of carbonyl (C=O) groups is 2. The monoisotopic (exact) mass is 341 g/mol. The molecule has 0 saturated heterocycles. The fourth-order valence-electron chi connectivity index (χ4n) is 3.22. The van der Waals surface area contributed by atoms with Crippen molar-refractivity contribution in [3.05, 3.63) is 29.8 Å². The smallest absolute Gasteiger partial charge is 0.387 e. The van der Waals surface area contributed by atoms with E-state index in [1.165, 1.54) is 24.3 Å². The van der Waals surface area contributed by atoms with Gasteiger partial charge in [0.15, 0.2) is 0 Å². The number of carboxylic acid groups (broad SMARTS) is 1. The zero-order valence-corrected chi connectivity index (χ0v) is 13.4. The molecular formula is C17H21F2NO4. The minimum atomic E-state index is -2.89. The van der Waals surface area contributed by atoms with Crippen molar-refractivity contribution in [1.82, 2.24) is 5.32 Å². The van der Waals surface area contributed by atoms with Gasteiger partial charge in [-0.3, -0.25) is 9.59 Å². The molecule has 0 spiro atoms. The quantitative estimate of drug-likeness (QED) is 0.834. The van der Waals surface area contributed by atoms with Gasteiger partial charge in [-0.05, 0) is 37.5 Å². The number of carboxylic acids is 1. The number of hydrogen-bond donors (Lipinski definition) is 2. The van der Waals surface area contributed by atoms with E-state index in [0.717, 1.165) is 12.8 Å². The highest BCUT2D eigenvalue weighted by atomic mass is 19.3. The molecule has 2 unspecified atom stereocenters. The van der Waals surface area contributed by atoms with Crippen molar-refractivity contribution in [1.29, 1.82) is 0 Å². The molecule has 1 saturated carbocycles. The molecule has 0 bridgehead atoms. The van der Waals surface area contributed by atoms with Gasteiger partial charge in [-0.25, -0.2) is 0 Å². The van der Waals surface area contributed by atoms with Gasteiger partial charge in [0.25, 0.3) is 0 Å². The first-order valence-electron chi connectivity index (χ1n) is 7.88. The van der Waals surface area contributed by atoms with Crippen LogP contribution >= 0.6 is 0 Å². The van der Waals surface area contributed by atoms with Crippen molar-refractivity contribution in [2.45, 2.75) is 51.2 Å². The maximum Gasteiger partial charge on any atom is 0.387 e. The van der Waals surface area contributed by atoms with Crippen LogP contribution in [0.4, 0.5) is 8.78 Å². The molecule has 24 heavy (non-hydrogen) atoms. The number of benzene rings is 1. The third-order valence-electron chi connectivity index (χ3n) is 4.44. The van der Waals surface area contributed by atoms with E-state index in [1.54, 1.807) is 6.92 Å². The summed E-state index contributed by atoms with van der Waals surface area (Å²) in [6.07, 6.45) is 2.94. The molecule has 1 fully saturated rings. The molecule has 0 radical (unpaired) electrons. The normalized spacial score (nSPS) is 23.8. The second-order valence-electron chi connectivity index (χ2n) is 6.30. The molecule has 132 valence electrons. The van der Waals surface area contributed by atoms with Gasteiger partial charge in [0.2, 0.25) is 5.91 Å². The Morgan fingerprint density at radius 2 is 2.00 bits per heavy atom. The molecular weight excluding hydrogens is 320 g/mol. The summed E-state index contributed by atoms with van der Waals surface area (Å²) in [6.45, 7) is -1.12. The predicted molar refractivity (Wildman–Crippen MR) is 82.9 cm³/mol. The van der Waals surface area contributed by atoms with Gasteiger partial charge in [0.1, 0.15) is 5.75 Å². The molecule has 2 N–H and O–H groups in total. The zero-order chi connectivity index (χ0) is 17.7. The van der Waals surface area contributed by atoms with E-state index in [4.69, 9.17) is 0 Å². The summed E-state index contributed by atoms with van der Waals surface area (Å²) in [7, 11) is 0. The first-order valence-corrected chi connectivity index (χ1v) is 7.88. The highest BCUT2D eigenvalue weighted by Crippen LogP contribution is 2.34. The molecule has 0 aromatic heterocycles. The van der Waals surface area contributed by atoms with E-state index in [9.17, 15) is 23.5 Å². The fourth-order valence-corrected chi connectivity index (χ4v) is 3.22. The number of amides is 1. The SMILES string of the molecule is CC1(NC(=O)Cc2ccc(OC(F)F)cc2)CCCCC1C(=O)O. The standard InChI is InChI=1S/C17H21F2NO4/c1-17(9-3-2-4-13(17)15(22)23)20-14(21)10-11-5-7-12(8-6-11)24-16(18)19/h5-8,13,16H,2-4,9-10H2,1H3,(H,20,21)(H,22,23). The summed E-state index contributed by atoms with van der Waals surface area (Å²) in [5.41, 5.74) is -0.125. The van der Waals surface area contributed by atoms with E-state index in [-0.39, 0.29) is 18.1 Å². The number of hydrogen-bond acceptors (Lipinski definition) is 3. The molecule has 1 aromatic rings. The van der Waals surface area contributed by atoms with Crippen molar-refractivity contribution < 1.29 is 28.2 Å². The van der Waals surface area contributed by atoms with E-state index in [0.29, 0.717) is 18.4 Å². The van der Waals surface area contributed by atoms with Gasteiger partial charge < -0.3 is 15.2 Å². The maximum atomic E-state index is 12.3. The third-order valence-corrected chi connectivity index (χ3v) is 4.44. The van der Waals surface area contributed by atoms with Gasteiger partial charge in [0, 0.05) is 0 Å². The highest BCUT2D eigenvalue weighted by Gasteiger charge is 2.42. The molecule has 2 rings (SSSR count). The van der Waals surface area contributed by atoms with Crippen molar-refractivity contribution in [2.24, 2.45) is 5.92 Å². The Labute approximate surface area is 139 Å². The average molecular weight is 341 g/mol. The van der Waals surface area contributed by atoms with Crippen LogP contribution in [0.25, 0.3) is 0 Å². The lowest BCUT2D eigenvalue weighted by molar-refractivity contribution is -0.146.